The van der Waals surface area contributed by atoms with Gasteiger partial charge in [0.2, 0.25) is 6.10 Å². The van der Waals surface area contributed by atoms with Gasteiger partial charge in [-0.3, -0.25) is 4.79 Å². The second-order valence-corrected chi connectivity index (χ2v) is 3.89. The van der Waals surface area contributed by atoms with Crippen LogP contribution < -0.4 is 0 Å². The van der Waals surface area contributed by atoms with Crippen molar-refractivity contribution in [3.63, 3.8) is 0 Å². The molecule has 0 saturated heterocycles. The Kier molecular flexibility index (Phi) is 4.97. The van der Waals surface area contributed by atoms with Crippen LogP contribution in [-0.4, -0.2) is 25.2 Å². The monoisotopic (exact) mass is 256 g/mol. The second kappa shape index (κ2) is 6.25. The first-order valence-electron chi connectivity index (χ1n) is 5.02. The summed E-state index contributed by atoms with van der Waals surface area (Å²) in [7, 11) is 1.25. The molecule has 17 heavy (non-hydrogen) atoms. The van der Waals surface area contributed by atoms with Crippen molar-refractivity contribution in [1.82, 2.24) is 0 Å². The number of benzene rings is 1. The van der Waals surface area contributed by atoms with Gasteiger partial charge in [-0.05, 0) is 17.7 Å². The van der Waals surface area contributed by atoms with Crippen molar-refractivity contribution in [3.8, 4) is 0 Å². The van der Waals surface area contributed by atoms with Gasteiger partial charge in [0.05, 0.1) is 7.11 Å². The molecule has 1 rings (SSSR count). The summed E-state index contributed by atoms with van der Waals surface area (Å²) in [6.45, 7) is 1.24. The Balaban J connectivity index is 2.78. The third-order valence-electron chi connectivity index (χ3n) is 2.08. The Labute approximate surface area is 104 Å². The van der Waals surface area contributed by atoms with E-state index in [9.17, 15) is 9.59 Å². The van der Waals surface area contributed by atoms with Crippen molar-refractivity contribution in [2.75, 3.05) is 7.11 Å². The summed E-state index contributed by atoms with van der Waals surface area (Å²) in [6, 6.07) is 7.00. The summed E-state index contributed by atoms with van der Waals surface area (Å²) in [4.78, 5) is 22.3. The summed E-state index contributed by atoms with van der Waals surface area (Å²) in [6.07, 6.45) is -0.691. The van der Waals surface area contributed by atoms with Crippen LogP contribution in [0, 0.1) is 0 Å². The Morgan fingerprint density at radius 3 is 2.65 bits per heavy atom. The number of hydrogen-bond donors (Lipinski definition) is 0. The lowest BCUT2D eigenvalue weighted by atomic mass is 10.1. The topological polar surface area (TPSA) is 52.6 Å². The normalized spacial score (nSPS) is 11.7. The van der Waals surface area contributed by atoms with Gasteiger partial charge in [0.1, 0.15) is 0 Å². The third-order valence-corrected chi connectivity index (χ3v) is 2.32. The van der Waals surface area contributed by atoms with Crippen LogP contribution in [0.5, 0.6) is 0 Å². The summed E-state index contributed by atoms with van der Waals surface area (Å²) in [5.41, 5.74) is 0.800. The molecule has 0 bridgehead atoms. The van der Waals surface area contributed by atoms with Crippen LogP contribution in [0.2, 0.25) is 5.02 Å². The fourth-order valence-corrected chi connectivity index (χ4v) is 1.60. The molecular formula is C12H13ClO4. The average molecular weight is 257 g/mol. The molecule has 0 unspecified atom stereocenters. The van der Waals surface area contributed by atoms with Crippen LogP contribution in [0.4, 0.5) is 0 Å². The predicted octanol–water partition coefficient (Wildman–Crippen LogP) is 1.99. The predicted molar refractivity (Wildman–Crippen MR) is 62.7 cm³/mol. The van der Waals surface area contributed by atoms with E-state index in [0.29, 0.717) is 5.02 Å². The van der Waals surface area contributed by atoms with Crippen molar-refractivity contribution in [2.45, 2.75) is 19.4 Å². The van der Waals surface area contributed by atoms with Crippen LogP contribution in [0.25, 0.3) is 0 Å². The summed E-state index contributed by atoms with van der Waals surface area (Å²) in [5, 5.41) is 0.564. The van der Waals surface area contributed by atoms with Gasteiger partial charge in [0.25, 0.3) is 0 Å². The first-order valence-corrected chi connectivity index (χ1v) is 5.40. The minimum atomic E-state index is -0.934. The smallest absolute Gasteiger partial charge is 0.347 e. The lowest BCUT2D eigenvalue weighted by Crippen LogP contribution is -2.29. The molecule has 0 heterocycles. The van der Waals surface area contributed by atoms with E-state index in [0.717, 1.165) is 5.56 Å². The van der Waals surface area contributed by atoms with Crippen LogP contribution in [0.1, 0.15) is 12.5 Å². The van der Waals surface area contributed by atoms with E-state index in [1.165, 1.54) is 14.0 Å². The maximum Gasteiger partial charge on any atom is 0.347 e. The zero-order chi connectivity index (χ0) is 12.8. The molecule has 4 nitrogen and oxygen atoms in total. The molecule has 92 valence electrons. The molecule has 0 saturated carbocycles. The zero-order valence-corrected chi connectivity index (χ0v) is 10.4. The van der Waals surface area contributed by atoms with Crippen LogP contribution in [0.15, 0.2) is 24.3 Å². The Hall–Kier alpha value is -1.55. The van der Waals surface area contributed by atoms with Crippen molar-refractivity contribution in [1.29, 1.82) is 0 Å². The van der Waals surface area contributed by atoms with E-state index in [-0.39, 0.29) is 6.42 Å². The molecule has 0 spiro atoms. The molecular weight excluding hydrogens is 244 g/mol. The van der Waals surface area contributed by atoms with Gasteiger partial charge < -0.3 is 9.47 Å². The lowest BCUT2D eigenvalue weighted by molar-refractivity contribution is -0.164. The molecule has 5 heteroatoms. The van der Waals surface area contributed by atoms with Crippen molar-refractivity contribution >= 4 is 23.5 Å². The van der Waals surface area contributed by atoms with Gasteiger partial charge in [-0.2, -0.15) is 0 Å². The highest BCUT2D eigenvalue weighted by Crippen LogP contribution is 2.14. The largest absolute Gasteiger partial charge is 0.466 e. The third kappa shape index (κ3) is 4.44. The molecule has 0 aliphatic heterocycles. The molecule has 1 atom stereocenters. The number of rotatable bonds is 4. The number of carbonyl (C=O) groups excluding carboxylic acids is 2. The first kappa shape index (κ1) is 13.5. The zero-order valence-electron chi connectivity index (χ0n) is 9.60. The van der Waals surface area contributed by atoms with Crippen molar-refractivity contribution in [3.05, 3.63) is 34.9 Å². The minimum absolute atomic E-state index is 0.243. The molecule has 1 aromatic carbocycles. The highest BCUT2D eigenvalue weighted by atomic mass is 35.5. The number of esters is 2. The first-order chi connectivity index (χ1) is 8.02. The van der Waals surface area contributed by atoms with Gasteiger partial charge in [-0.25, -0.2) is 4.79 Å². The van der Waals surface area contributed by atoms with E-state index in [1.807, 2.05) is 0 Å². The van der Waals surface area contributed by atoms with Gasteiger partial charge in [0.15, 0.2) is 0 Å². The number of methoxy groups -OCH3 is 1. The standard InChI is InChI=1S/C12H13ClO4/c1-8(14)17-11(12(15)16-2)7-9-4-3-5-10(13)6-9/h3-6,11H,7H2,1-2H3/t11-/m0/s1. The van der Waals surface area contributed by atoms with E-state index in [2.05, 4.69) is 4.74 Å². The van der Waals surface area contributed by atoms with E-state index < -0.39 is 18.0 Å². The molecule has 0 aliphatic rings. The number of carbonyl (C=O) groups is 2. The van der Waals surface area contributed by atoms with Crippen LogP contribution in [0.3, 0.4) is 0 Å². The van der Waals surface area contributed by atoms with E-state index in [1.54, 1.807) is 24.3 Å². The maximum absolute atomic E-state index is 11.4. The summed E-state index contributed by atoms with van der Waals surface area (Å²) in [5.74, 6) is -1.11. The van der Waals surface area contributed by atoms with Crippen molar-refractivity contribution < 1.29 is 19.1 Å². The number of ether oxygens (including phenoxy) is 2. The molecule has 1 aromatic rings. The Morgan fingerprint density at radius 2 is 2.12 bits per heavy atom. The highest BCUT2D eigenvalue weighted by Gasteiger charge is 2.22. The van der Waals surface area contributed by atoms with Gasteiger partial charge in [-0.15, -0.1) is 0 Å². The molecule has 0 N–H and O–H groups in total. The quantitative estimate of drug-likeness (QED) is 0.773. The lowest BCUT2D eigenvalue weighted by Gasteiger charge is -2.14. The van der Waals surface area contributed by atoms with Gasteiger partial charge in [0, 0.05) is 18.4 Å². The maximum atomic E-state index is 11.4. The summed E-state index contributed by atoms with van der Waals surface area (Å²) >= 11 is 5.82. The van der Waals surface area contributed by atoms with E-state index >= 15 is 0 Å². The molecule has 0 amide bonds. The van der Waals surface area contributed by atoms with E-state index in [4.69, 9.17) is 16.3 Å². The summed E-state index contributed by atoms with van der Waals surface area (Å²) < 4.78 is 9.46. The number of hydrogen-bond acceptors (Lipinski definition) is 4. The fourth-order valence-electron chi connectivity index (χ4n) is 1.38. The number of halogens is 1. The average Bonchev–Trinajstić information content (AvgIpc) is 2.26. The minimum Gasteiger partial charge on any atom is -0.466 e. The molecule has 0 aliphatic carbocycles. The second-order valence-electron chi connectivity index (χ2n) is 3.46. The van der Waals surface area contributed by atoms with Crippen LogP contribution in [-0.2, 0) is 25.5 Å². The van der Waals surface area contributed by atoms with Gasteiger partial charge in [-0.1, -0.05) is 23.7 Å². The Morgan fingerprint density at radius 1 is 1.41 bits per heavy atom. The van der Waals surface area contributed by atoms with Crippen molar-refractivity contribution in [2.24, 2.45) is 0 Å². The molecule has 0 aromatic heterocycles. The van der Waals surface area contributed by atoms with Gasteiger partial charge >= 0.3 is 11.9 Å². The highest BCUT2D eigenvalue weighted by molar-refractivity contribution is 6.30. The van der Waals surface area contributed by atoms with Crippen LogP contribution >= 0.6 is 11.6 Å². The molecule has 0 radical (unpaired) electrons. The fraction of sp³-hybridized carbons (Fsp3) is 0.333. The Bertz CT molecular complexity index is 417. The SMILES string of the molecule is COC(=O)[C@H](Cc1cccc(Cl)c1)OC(C)=O. The molecule has 0 fully saturated rings.